The average molecular weight is 273 g/mol. The van der Waals surface area contributed by atoms with Gasteiger partial charge in [0.05, 0.1) is 5.92 Å². The summed E-state index contributed by atoms with van der Waals surface area (Å²) in [6.45, 7) is 1.69. The Bertz CT molecular complexity index is 545. The van der Waals surface area contributed by atoms with Crippen LogP contribution in [-0.4, -0.2) is 17.0 Å². The predicted molar refractivity (Wildman–Crippen MR) is 75.3 cm³/mol. The molecule has 4 heteroatoms. The summed E-state index contributed by atoms with van der Waals surface area (Å²) in [5.41, 5.74) is 2.15. The minimum atomic E-state index is -0.786. The lowest BCUT2D eigenvalue weighted by Gasteiger charge is -2.08. The number of rotatable bonds is 5. The van der Waals surface area contributed by atoms with Gasteiger partial charge in [-0.15, -0.1) is 0 Å². The number of carboxylic acid groups (broad SMARTS) is 1. The summed E-state index contributed by atoms with van der Waals surface area (Å²) in [7, 11) is 0. The first kappa shape index (κ1) is 13.2. The molecule has 0 saturated heterocycles. The minimum Gasteiger partial charge on any atom is -0.481 e. The van der Waals surface area contributed by atoms with Crippen molar-refractivity contribution in [3.05, 3.63) is 29.8 Å². The summed E-state index contributed by atoms with van der Waals surface area (Å²) in [6.07, 6.45) is 3.97. The zero-order valence-corrected chi connectivity index (χ0v) is 11.6. The van der Waals surface area contributed by atoms with Crippen molar-refractivity contribution in [1.82, 2.24) is 0 Å². The fraction of sp³-hybridized carbons (Fsp3) is 0.500. The average Bonchev–Trinajstić information content (AvgIpc) is 3.32. The predicted octanol–water partition coefficient (Wildman–Crippen LogP) is 2.69. The summed E-state index contributed by atoms with van der Waals surface area (Å²) < 4.78 is 0. The maximum atomic E-state index is 12.0. The molecule has 2 aliphatic carbocycles. The van der Waals surface area contributed by atoms with Crippen LogP contribution in [0.15, 0.2) is 24.3 Å². The molecule has 20 heavy (non-hydrogen) atoms. The summed E-state index contributed by atoms with van der Waals surface area (Å²) in [5, 5.41) is 11.8. The first-order chi connectivity index (χ1) is 9.50. The van der Waals surface area contributed by atoms with Crippen LogP contribution in [0.4, 0.5) is 5.69 Å². The highest BCUT2D eigenvalue weighted by atomic mass is 16.4. The van der Waals surface area contributed by atoms with Gasteiger partial charge in [0.15, 0.2) is 0 Å². The van der Waals surface area contributed by atoms with Crippen LogP contribution in [0.3, 0.4) is 0 Å². The Balaban J connectivity index is 1.56. The number of amides is 1. The van der Waals surface area contributed by atoms with Crippen LogP contribution in [0, 0.1) is 17.3 Å². The van der Waals surface area contributed by atoms with Gasteiger partial charge in [0.2, 0.25) is 5.91 Å². The summed E-state index contributed by atoms with van der Waals surface area (Å²) >= 11 is 0. The van der Waals surface area contributed by atoms with Gasteiger partial charge in [-0.25, -0.2) is 0 Å². The minimum absolute atomic E-state index is 0.133. The number of anilines is 1. The molecule has 2 fully saturated rings. The maximum absolute atomic E-state index is 12.0. The van der Waals surface area contributed by atoms with Crippen molar-refractivity contribution in [1.29, 1.82) is 0 Å². The summed E-state index contributed by atoms with van der Waals surface area (Å²) in [5.74, 6) is -0.828. The molecule has 4 nitrogen and oxygen atoms in total. The molecule has 2 N–H and O–H groups in total. The van der Waals surface area contributed by atoms with E-state index in [1.54, 1.807) is 6.92 Å². The maximum Gasteiger partial charge on any atom is 0.306 e. The molecule has 0 heterocycles. The number of carboxylic acids is 1. The summed E-state index contributed by atoms with van der Waals surface area (Å²) in [6, 6.07) is 7.47. The molecule has 1 aromatic rings. The summed E-state index contributed by atoms with van der Waals surface area (Å²) in [4.78, 5) is 22.8. The van der Waals surface area contributed by atoms with Crippen LogP contribution in [0.1, 0.15) is 31.7 Å². The van der Waals surface area contributed by atoms with Crippen LogP contribution < -0.4 is 5.32 Å². The highest BCUT2D eigenvalue weighted by molar-refractivity contribution is 5.95. The zero-order valence-electron chi connectivity index (χ0n) is 11.6. The van der Waals surface area contributed by atoms with Crippen LogP contribution in [0.2, 0.25) is 0 Å². The second-order valence-electron chi connectivity index (χ2n) is 6.25. The van der Waals surface area contributed by atoms with Gasteiger partial charge in [0.25, 0.3) is 0 Å². The molecule has 1 amide bonds. The van der Waals surface area contributed by atoms with E-state index in [4.69, 9.17) is 5.11 Å². The van der Waals surface area contributed by atoms with Gasteiger partial charge < -0.3 is 10.4 Å². The van der Waals surface area contributed by atoms with E-state index in [0.29, 0.717) is 11.8 Å². The van der Waals surface area contributed by atoms with Gasteiger partial charge in [-0.1, -0.05) is 19.1 Å². The molecule has 0 aliphatic heterocycles. The Hall–Kier alpha value is -1.84. The van der Waals surface area contributed by atoms with Gasteiger partial charge in [-0.05, 0) is 48.8 Å². The second-order valence-corrected chi connectivity index (χ2v) is 6.25. The van der Waals surface area contributed by atoms with E-state index in [2.05, 4.69) is 5.32 Å². The second kappa shape index (κ2) is 4.62. The molecule has 106 valence electrons. The third-order valence-electron chi connectivity index (χ3n) is 4.58. The Labute approximate surface area is 118 Å². The van der Waals surface area contributed by atoms with Crippen molar-refractivity contribution in [2.24, 2.45) is 17.3 Å². The molecule has 0 radical (unpaired) electrons. The van der Waals surface area contributed by atoms with Crippen molar-refractivity contribution in [3.8, 4) is 0 Å². The molecule has 2 atom stereocenters. The van der Waals surface area contributed by atoms with Crippen molar-refractivity contribution in [3.63, 3.8) is 0 Å². The van der Waals surface area contributed by atoms with Crippen LogP contribution in [0.25, 0.3) is 0 Å². The largest absolute Gasteiger partial charge is 0.481 e. The number of aliphatic carboxylic acids is 1. The van der Waals surface area contributed by atoms with Crippen molar-refractivity contribution < 1.29 is 14.7 Å². The van der Waals surface area contributed by atoms with E-state index >= 15 is 0 Å². The number of benzene rings is 1. The van der Waals surface area contributed by atoms with Gasteiger partial charge in [-0.3, -0.25) is 9.59 Å². The topological polar surface area (TPSA) is 66.4 Å². The number of hydrogen-bond acceptors (Lipinski definition) is 2. The quantitative estimate of drug-likeness (QED) is 0.866. The third kappa shape index (κ3) is 2.55. The SMILES string of the molecule is CC(Cc1ccc(NC(=O)C2CC23CC3)cc1)C(=O)O. The van der Waals surface area contributed by atoms with E-state index in [9.17, 15) is 9.59 Å². The smallest absolute Gasteiger partial charge is 0.306 e. The fourth-order valence-electron chi connectivity index (χ4n) is 2.83. The molecule has 3 rings (SSSR count). The van der Waals surface area contributed by atoms with Crippen LogP contribution in [0.5, 0.6) is 0 Å². The van der Waals surface area contributed by atoms with E-state index in [1.807, 2.05) is 24.3 Å². The highest BCUT2D eigenvalue weighted by Gasteiger charge is 2.65. The monoisotopic (exact) mass is 273 g/mol. The first-order valence-electron chi connectivity index (χ1n) is 7.13. The lowest BCUT2D eigenvalue weighted by molar-refractivity contribution is -0.141. The molecule has 0 bridgehead atoms. The third-order valence-corrected chi connectivity index (χ3v) is 4.58. The Morgan fingerprint density at radius 2 is 2.00 bits per heavy atom. The van der Waals surface area contributed by atoms with Gasteiger partial charge in [-0.2, -0.15) is 0 Å². The Morgan fingerprint density at radius 3 is 2.50 bits per heavy atom. The number of hydrogen-bond donors (Lipinski definition) is 2. The van der Waals surface area contributed by atoms with E-state index < -0.39 is 11.9 Å². The van der Waals surface area contributed by atoms with E-state index in [0.717, 1.165) is 17.7 Å². The van der Waals surface area contributed by atoms with Gasteiger partial charge >= 0.3 is 5.97 Å². The van der Waals surface area contributed by atoms with Crippen molar-refractivity contribution in [2.75, 3.05) is 5.32 Å². The number of nitrogens with one attached hydrogen (secondary N) is 1. The number of carbonyl (C=O) groups excluding carboxylic acids is 1. The highest BCUT2D eigenvalue weighted by Crippen LogP contribution is 2.70. The van der Waals surface area contributed by atoms with Crippen molar-refractivity contribution >= 4 is 17.6 Å². The van der Waals surface area contributed by atoms with E-state index in [1.165, 1.54) is 12.8 Å². The fourth-order valence-corrected chi connectivity index (χ4v) is 2.83. The Morgan fingerprint density at radius 1 is 1.35 bits per heavy atom. The number of carbonyl (C=O) groups is 2. The van der Waals surface area contributed by atoms with Crippen molar-refractivity contribution in [2.45, 2.75) is 32.6 Å². The molecule has 0 aromatic heterocycles. The molecule has 1 aromatic carbocycles. The van der Waals surface area contributed by atoms with Crippen LogP contribution >= 0.6 is 0 Å². The Kier molecular flexibility index (Phi) is 3.04. The molecular weight excluding hydrogens is 254 g/mol. The zero-order chi connectivity index (χ0) is 14.3. The normalized spacial score (nSPS) is 23.1. The van der Waals surface area contributed by atoms with Crippen LogP contribution in [-0.2, 0) is 16.0 Å². The molecule has 2 aliphatic rings. The lowest BCUT2D eigenvalue weighted by Crippen LogP contribution is -2.15. The first-order valence-corrected chi connectivity index (χ1v) is 7.13. The van der Waals surface area contributed by atoms with Gasteiger partial charge in [0, 0.05) is 11.6 Å². The molecule has 2 unspecified atom stereocenters. The molecular formula is C16H19NO3. The van der Waals surface area contributed by atoms with Gasteiger partial charge in [0.1, 0.15) is 0 Å². The van der Waals surface area contributed by atoms with E-state index in [-0.39, 0.29) is 11.8 Å². The lowest BCUT2D eigenvalue weighted by atomic mass is 10.0. The molecule has 2 saturated carbocycles. The standard InChI is InChI=1S/C16H19NO3/c1-10(15(19)20)8-11-2-4-12(5-3-11)17-14(18)13-9-16(13)6-7-16/h2-5,10,13H,6-9H2,1H3,(H,17,18)(H,19,20). The molecule has 1 spiro atoms.